The smallest absolute Gasteiger partial charge is 0.229 e. The molecule has 4 aliphatic rings. The first-order chi connectivity index (χ1) is 13.8. The number of ether oxygens (including phenoxy) is 1. The maximum absolute atomic E-state index is 13.4. The molecule has 29 heavy (non-hydrogen) atoms. The topological polar surface area (TPSA) is 79.8 Å². The first-order valence-electron chi connectivity index (χ1n) is 10.2. The number of piperidine rings is 1. The number of fused-ring (bicyclic) bond motifs is 1. The van der Waals surface area contributed by atoms with Gasteiger partial charge >= 0.3 is 0 Å². The van der Waals surface area contributed by atoms with Gasteiger partial charge in [-0.2, -0.15) is 0 Å². The number of hydrogen-bond acceptors (Lipinski definition) is 6. The van der Waals surface area contributed by atoms with Crippen LogP contribution in [0, 0.1) is 18.8 Å². The normalized spacial score (nSPS) is 33.6. The second-order valence-electron chi connectivity index (χ2n) is 8.72. The predicted octanol–water partition coefficient (Wildman–Crippen LogP) is 1.77. The molecule has 8 heteroatoms. The monoisotopic (exact) mass is 415 g/mol. The molecule has 0 aliphatic carbocycles. The SMILES string of the molecule is CC(=O)c1sc(C2CCN(C(=O)[C@@H]3[C@H]4C(=O)N(C)C[C@@]45C=C[C@H]3O5)CC2)nc1C. The Morgan fingerprint density at radius 1 is 1.31 bits per heavy atom. The minimum absolute atomic E-state index is 0.0140. The van der Waals surface area contributed by atoms with Crippen LogP contribution in [0.4, 0.5) is 0 Å². The Balaban J connectivity index is 1.29. The molecule has 5 rings (SSSR count). The average Bonchev–Trinajstić information content (AvgIpc) is 3.42. The lowest BCUT2D eigenvalue weighted by molar-refractivity contribution is -0.143. The van der Waals surface area contributed by atoms with Crippen molar-refractivity contribution in [3.8, 4) is 0 Å². The summed E-state index contributed by atoms with van der Waals surface area (Å²) in [6.45, 7) is 5.27. The van der Waals surface area contributed by atoms with Crippen molar-refractivity contribution in [3.63, 3.8) is 0 Å². The number of Topliss-reactive ketones (excluding diaryl/α,β-unsaturated/α-hetero) is 1. The van der Waals surface area contributed by atoms with E-state index in [4.69, 9.17) is 4.74 Å². The van der Waals surface area contributed by atoms with Gasteiger partial charge in [-0.1, -0.05) is 12.2 Å². The molecule has 7 nitrogen and oxygen atoms in total. The van der Waals surface area contributed by atoms with Gasteiger partial charge in [-0.15, -0.1) is 11.3 Å². The third kappa shape index (κ3) is 2.72. The van der Waals surface area contributed by atoms with Crippen LogP contribution in [0.15, 0.2) is 12.2 Å². The highest BCUT2D eigenvalue weighted by Crippen LogP contribution is 2.52. The summed E-state index contributed by atoms with van der Waals surface area (Å²) >= 11 is 1.49. The minimum atomic E-state index is -0.614. The van der Waals surface area contributed by atoms with Crippen molar-refractivity contribution in [1.82, 2.24) is 14.8 Å². The molecular formula is C21H25N3O4S. The van der Waals surface area contributed by atoms with Crippen LogP contribution in [0.3, 0.4) is 0 Å². The van der Waals surface area contributed by atoms with Gasteiger partial charge < -0.3 is 14.5 Å². The van der Waals surface area contributed by atoms with Crippen molar-refractivity contribution in [2.75, 3.05) is 26.7 Å². The van der Waals surface area contributed by atoms with E-state index in [2.05, 4.69) is 4.98 Å². The first kappa shape index (κ1) is 18.9. The summed E-state index contributed by atoms with van der Waals surface area (Å²) in [6, 6.07) is 0. The molecule has 2 bridgehead atoms. The second-order valence-corrected chi connectivity index (χ2v) is 9.75. The van der Waals surface area contributed by atoms with Crippen LogP contribution in [0.1, 0.15) is 46.1 Å². The highest BCUT2D eigenvalue weighted by atomic mass is 32.1. The number of hydrogen-bond donors (Lipinski definition) is 0. The van der Waals surface area contributed by atoms with Crippen molar-refractivity contribution in [2.24, 2.45) is 11.8 Å². The Bertz CT molecular complexity index is 932. The second kappa shape index (κ2) is 6.47. The molecule has 0 radical (unpaired) electrons. The Labute approximate surface area is 173 Å². The number of carbonyl (C=O) groups excluding carboxylic acids is 3. The molecule has 154 valence electrons. The zero-order valence-corrected chi connectivity index (χ0v) is 17.7. The molecule has 1 aromatic rings. The highest BCUT2D eigenvalue weighted by molar-refractivity contribution is 7.13. The van der Waals surface area contributed by atoms with E-state index in [1.165, 1.54) is 11.3 Å². The number of rotatable bonds is 3. The van der Waals surface area contributed by atoms with E-state index in [1.807, 2.05) is 24.0 Å². The van der Waals surface area contributed by atoms with Crippen LogP contribution in [0.2, 0.25) is 0 Å². The van der Waals surface area contributed by atoms with E-state index in [-0.39, 0.29) is 29.6 Å². The van der Waals surface area contributed by atoms with Gasteiger partial charge in [-0.05, 0) is 19.8 Å². The predicted molar refractivity (Wildman–Crippen MR) is 107 cm³/mol. The van der Waals surface area contributed by atoms with Crippen molar-refractivity contribution in [3.05, 3.63) is 27.7 Å². The molecule has 3 saturated heterocycles. The molecule has 4 atom stereocenters. The third-order valence-corrected chi connectivity index (χ3v) is 8.28. The fourth-order valence-electron chi connectivity index (χ4n) is 5.45. The number of aromatic nitrogens is 1. The Morgan fingerprint density at radius 2 is 2.03 bits per heavy atom. The van der Waals surface area contributed by atoms with Crippen LogP contribution in [0.5, 0.6) is 0 Å². The Kier molecular flexibility index (Phi) is 4.22. The van der Waals surface area contributed by atoms with Crippen LogP contribution in [0.25, 0.3) is 0 Å². The Morgan fingerprint density at radius 3 is 2.69 bits per heavy atom. The van der Waals surface area contributed by atoms with E-state index in [0.717, 1.165) is 28.4 Å². The molecule has 3 fully saturated rings. The molecule has 0 unspecified atom stereocenters. The minimum Gasteiger partial charge on any atom is -0.360 e. The molecule has 0 N–H and O–H groups in total. The summed E-state index contributed by atoms with van der Waals surface area (Å²) in [7, 11) is 1.78. The van der Waals surface area contributed by atoms with Gasteiger partial charge in [0, 0.05) is 33.0 Å². The number of ketones is 1. The maximum Gasteiger partial charge on any atom is 0.229 e. The van der Waals surface area contributed by atoms with E-state index >= 15 is 0 Å². The van der Waals surface area contributed by atoms with E-state index in [0.29, 0.717) is 19.6 Å². The molecule has 1 aromatic heterocycles. The van der Waals surface area contributed by atoms with Crippen molar-refractivity contribution in [1.29, 1.82) is 0 Å². The summed E-state index contributed by atoms with van der Waals surface area (Å²) in [4.78, 5) is 46.7. The van der Waals surface area contributed by atoms with Crippen LogP contribution >= 0.6 is 11.3 Å². The van der Waals surface area contributed by atoms with Crippen LogP contribution in [-0.2, 0) is 14.3 Å². The first-order valence-corrected chi connectivity index (χ1v) is 11.0. The van der Waals surface area contributed by atoms with Crippen molar-refractivity contribution < 1.29 is 19.1 Å². The summed E-state index contributed by atoms with van der Waals surface area (Å²) in [6.07, 6.45) is 5.31. The van der Waals surface area contributed by atoms with Gasteiger partial charge in [-0.3, -0.25) is 14.4 Å². The molecule has 4 aliphatic heterocycles. The van der Waals surface area contributed by atoms with E-state index in [9.17, 15) is 14.4 Å². The summed E-state index contributed by atoms with van der Waals surface area (Å²) < 4.78 is 6.12. The molecule has 5 heterocycles. The molecule has 1 spiro atoms. The zero-order chi connectivity index (χ0) is 20.5. The highest BCUT2D eigenvalue weighted by Gasteiger charge is 2.66. The number of thiazole rings is 1. The van der Waals surface area contributed by atoms with Gasteiger partial charge in [0.25, 0.3) is 0 Å². The number of carbonyl (C=O) groups is 3. The standard InChI is InChI=1S/C21H25N3O4S/c1-11-17(12(2)25)29-18(22-11)13-5-8-24(9-6-13)19(26)15-14-4-7-21(28-14)10-23(3)20(27)16(15)21/h4,7,13-16H,5-6,8-10H2,1-3H3/t14-,15+,16+,21+/m1/s1. The number of amides is 2. The quantitative estimate of drug-likeness (QED) is 0.555. The fourth-order valence-corrected chi connectivity index (χ4v) is 6.58. The van der Waals surface area contributed by atoms with Crippen LogP contribution in [-0.4, -0.2) is 70.8 Å². The molecular weight excluding hydrogens is 390 g/mol. The van der Waals surface area contributed by atoms with Crippen molar-refractivity contribution >= 4 is 28.9 Å². The molecule has 0 aromatic carbocycles. The molecule has 0 saturated carbocycles. The number of nitrogens with zero attached hydrogens (tertiary/aromatic N) is 3. The largest absolute Gasteiger partial charge is 0.360 e. The van der Waals surface area contributed by atoms with Gasteiger partial charge in [0.05, 0.1) is 40.1 Å². The Hall–Kier alpha value is -2.06. The number of likely N-dealkylation sites (N-methyl/N-ethyl adjacent to an activating group) is 1. The summed E-state index contributed by atoms with van der Waals surface area (Å²) in [5, 5.41) is 0.998. The average molecular weight is 416 g/mol. The summed E-state index contributed by atoms with van der Waals surface area (Å²) in [5.74, 6) is -0.429. The lowest BCUT2D eigenvalue weighted by Crippen LogP contribution is -2.48. The number of likely N-dealkylation sites (tertiary alicyclic amines) is 2. The lowest BCUT2D eigenvalue weighted by atomic mass is 9.76. The van der Waals surface area contributed by atoms with Gasteiger partial charge in [0.2, 0.25) is 11.8 Å². The maximum atomic E-state index is 13.4. The zero-order valence-electron chi connectivity index (χ0n) is 16.9. The van der Waals surface area contributed by atoms with Crippen molar-refractivity contribution in [2.45, 2.75) is 44.3 Å². The summed E-state index contributed by atoms with van der Waals surface area (Å²) in [5.41, 5.74) is 0.188. The lowest BCUT2D eigenvalue weighted by Gasteiger charge is -2.35. The number of aryl methyl sites for hydroxylation is 1. The van der Waals surface area contributed by atoms with Gasteiger partial charge in [0.15, 0.2) is 5.78 Å². The van der Waals surface area contributed by atoms with Gasteiger partial charge in [-0.25, -0.2) is 4.98 Å². The van der Waals surface area contributed by atoms with Crippen LogP contribution < -0.4 is 0 Å². The van der Waals surface area contributed by atoms with Gasteiger partial charge in [0.1, 0.15) is 5.60 Å². The fraction of sp³-hybridized carbons (Fsp3) is 0.619. The molecule has 2 amide bonds. The van der Waals surface area contributed by atoms with E-state index < -0.39 is 17.4 Å². The third-order valence-electron chi connectivity index (χ3n) is 6.86. The van der Waals surface area contributed by atoms with E-state index in [1.54, 1.807) is 18.9 Å².